The van der Waals surface area contributed by atoms with Crippen LogP contribution < -0.4 is 5.32 Å². The van der Waals surface area contributed by atoms with Gasteiger partial charge in [-0.05, 0) is 19.1 Å². The van der Waals surface area contributed by atoms with Crippen molar-refractivity contribution in [3.8, 4) is 0 Å². The summed E-state index contributed by atoms with van der Waals surface area (Å²) in [6, 6.07) is 1.62. The van der Waals surface area contributed by atoms with Gasteiger partial charge in [-0.3, -0.25) is 10.1 Å². The molecule has 0 radical (unpaired) electrons. The zero-order valence-electron chi connectivity index (χ0n) is 9.78. The molecule has 0 aliphatic heterocycles. The number of nitrogens with one attached hydrogen (secondary N) is 1. The molecule has 2 rings (SSSR count). The van der Waals surface area contributed by atoms with Crippen LogP contribution in [0.2, 0.25) is 0 Å². The highest BCUT2D eigenvalue weighted by atomic mass is 32.1. The molecule has 8 heteroatoms. The summed E-state index contributed by atoms with van der Waals surface area (Å²) < 4.78 is 3.96. The fraction of sp³-hybridized carbons (Fsp3) is 0.0909. The van der Waals surface area contributed by atoms with Gasteiger partial charge in [-0.2, -0.15) is 4.37 Å². The SMILES string of the molecule is Cc1nsc(NC(=O)c2csc(/C=C/C(=O)O)c2)n1. The Hall–Kier alpha value is -2.06. The molecule has 0 fully saturated rings. The lowest BCUT2D eigenvalue weighted by atomic mass is 10.3. The molecular weight excluding hydrogens is 286 g/mol. The lowest BCUT2D eigenvalue weighted by molar-refractivity contribution is -0.131. The summed E-state index contributed by atoms with van der Waals surface area (Å²) in [5, 5.41) is 13.2. The van der Waals surface area contributed by atoms with Crippen molar-refractivity contribution in [2.24, 2.45) is 0 Å². The van der Waals surface area contributed by atoms with Gasteiger partial charge < -0.3 is 5.11 Å². The van der Waals surface area contributed by atoms with Crippen molar-refractivity contribution in [3.05, 3.63) is 33.8 Å². The lowest BCUT2D eigenvalue weighted by Crippen LogP contribution is -2.10. The van der Waals surface area contributed by atoms with Crippen LogP contribution in [0.25, 0.3) is 6.08 Å². The van der Waals surface area contributed by atoms with Gasteiger partial charge >= 0.3 is 5.97 Å². The van der Waals surface area contributed by atoms with E-state index in [1.54, 1.807) is 18.4 Å². The molecule has 2 N–H and O–H groups in total. The van der Waals surface area contributed by atoms with Crippen LogP contribution in [0.3, 0.4) is 0 Å². The fourth-order valence-electron chi connectivity index (χ4n) is 1.23. The minimum atomic E-state index is -1.02. The summed E-state index contributed by atoms with van der Waals surface area (Å²) in [6.45, 7) is 1.74. The number of rotatable bonds is 4. The monoisotopic (exact) mass is 295 g/mol. The predicted molar refractivity (Wildman–Crippen MR) is 73.6 cm³/mol. The minimum Gasteiger partial charge on any atom is -0.478 e. The standard InChI is InChI=1S/C11H9N3O3S2/c1-6-12-11(19-14-6)13-10(17)7-4-8(18-5-7)2-3-9(15)16/h2-5H,1H3,(H,15,16)(H,12,13,14,17)/b3-2+. The highest BCUT2D eigenvalue weighted by Gasteiger charge is 2.10. The number of aromatic nitrogens is 2. The van der Waals surface area contributed by atoms with Crippen LogP contribution in [0.4, 0.5) is 5.13 Å². The van der Waals surface area contributed by atoms with Gasteiger partial charge in [-0.15, -0.1) is 11.3 Å². The van der Waals surface area contributed by atoms with Gasteiger partial charge in [-0.1, -0.05) is 0 Å². The van der Waals surface area contributed by atoms with E-state index in [9.17, 15) is 9.59 Å². The highest BCUT2D eigenvalue weighted by molar-refractivity contribution is 7.11. The molecule has 0 saturated carbocycles. The zero-order valence-corrected chi connectivity index (χ0v) is 11.4. The van der Waals surface area contributed by atoms with E-state index in [2.05, 4.69) is 14.7 Å². The number of aliphatic carboxylic acids is 1. The largest absolute Gasteiger partial charge is 0.478 e. The van der Waals surface area contributed by atoms with Crippen LogP contribution in [0.1, 0.15) is 21.1 Å². The second-order valence-corrected chi connectivity index (χ2v) is 5.20. The molecule has 2 heterocycles. The summed E-state index contributed by atoms with van der Waals surface area (Å²) >= 11 is 2.40. The Kier molecular flexibility index (Phi) is 4.03. The molecule has 6 nitrogen and oxygen atoms in total. The molecule has 0 aromatic carbocycles. The predicted octanol–water partition coefficient (Wildman–Crippen LogP) is 2.26. The van der Waals surface area contributed by atoms with Crippen molar-refractivity contribution in [2.45, 2.75) is 6.92 Å². The van der Waals surface area contributed by atoms with E-state index in [4.69, 9.17) is 5.11 Å². The molecule has 19 heavy (non-hydrogen) atoms. The van der Waals surface area contributed by atoms with Crippen LogP contribution in [-0.2, 0) is 4.79 Å². The quantitative estimate of drug-likeness (QED) is 0.844. The number of carboxylic acids is 1. The normalized spacial score (nSPS) is 10.8. The number of carboxylic acid groups (broad SMARTS) is 1. The third-order valence-electron chi connectivity index (χ3n) is 2.02. The third kappa shape index (κ3) is 3.70. The van der Waals surface area contributed by atoms with Gasteiger partial charge in [0.15, 0.2) is 0 Å². The molecular formula is C11H9N3O3S2. The topological polar surface area (TPSA) is 92.2 Å². The average molecular weight is 295 g/mol. The fourth-order valence-corrected chi connectivity index (χ4v) is 2.58. The Labute approximate surface area is 116 Å². The molecule has 0 atom stereocenters. The Morgan fingerprint density at radius 1 is 1.47 bits per heavy atom. The van der Waals surface area contributed by atoms with Crippen molar-refractivity contribution in [1.29, 1.82) is 0 Å². The number of carbonyl (C=O) groups is 2. The summed E-state index contributed by atoms with van der Waals surface area (Å²) in [5.74, 6) is -0.707. The second-order valence-electron chi connectivity index (χ2n) is 3.51. The molecule has 0 saturated heterocycles. The Bertz CT molecular complexity index is 645. The summed E-state index contributed by atoms with van der Waals surface area (Å²) in [7, 11) is 0. The number of hydrogen-bond donors (Lipinski definition) is 2. The van der Waals surface area contributed by atoms with Gasteiger partial charge in [-0.25, -0.2) is 9.78 Å². The van der Waals surface area contributed by atoms with Crippen molar-refractivity contribution in [2.75, 3.05) is 5.32 Å². The van der Waals surface area contributed by atoms with Gasteiger partial charge in [0.2, 0.25) is 5.13 Å². The van der Waals surface area contributed by atoms with Crippen molar-refractivity contribution < 1.29 is 14.7 Å². The van der Waals surface area contributed by atoms with E-state index >= 15 is 0 Å². The first-order chi connectivity index (χ1) is 9.04. The summed E-state index contributed by atoms with van der Waals surface area (Å²) in [5.41, 5.74) is 0.461. The average Bonchev–Trinajstić information content (AvgIpc) is 2.95. The zero-order chi connectivity index (χ0) is 13.8. The second kappa shape index (κ2) is 5.72. The van der Waals surface area contributed by atoms with E-state index in [-0.39, 0.29) is 5.91 Å². The molecule has 0 aliphatic carbocycles. The first kappa shape index (κ1) is 13.4. The molecule has 0 aliphatic rings. The lowest BCUT2D eigenvalue weighted by Gasteiger charge is -1.96. The molecule has 1 amide bonds. The number of amides is 1. The van der Waals surface area contributed by atoms with E-state index in [0.717, 1.165) is 17.6 Å². The number of thiophene rings is 1. The molecule has 0 unspecified atom stereocenters. The van der Waals surface area contributed by atoms with E-state index in [1.165, 1.54) is 17.4 Å². The van der Waals surface area contributed by atoms with Crippen LogP contribution in [-0.4, -0.2) is 26.3 Å². The Morgan fingerprint density at radius 3 is 2.89 bits per heavy atom. The van der Waals surface area contributed by atoms with E-state index < -0.39 is 5.97 Å². The van der Waals surface area contributed by atoms with Crippen LogP contribution >= 0.6 is 22.9 Å². The van der Waals surface area contributed by atoms with Gasteiger partial charge in [0.05, 0.1) is 5.56 Å². The van der Waals surface area contributed by atoms with Crippen LogP contribution in [0.15, 0.2) is 17.5 Å². The number of hydrogen-bond acceptors (Lipinski definition) is 6. The maximum atomic E-state index is 11.9. The van der Waals surface area contributed by atoms with Crippen molar-refractivity contribution in [1.82, 2.24) is 9.36 Å². The van der Waals surface area contributed by atoms with Crippen LogP contribution in [0.5, 0.6) is 0 Å². The third-order valence-corrected chi connectivity index (χ3v) is 3.64. The molecule has 0 spiro atoms. The summed E-state index contributed by atoms with van der Waals surface area (Å²) in [6.07, 6.45) is 2.47. The smallest absolute Gasteiger partial charge is 0.328 e. The Morgan fingerprint density at radius 2 is 2.26 bits per heavy atom. The Balaban J connectivity index is 2.06. The van der Waals surface area contributed by atoms with E-state index in [1.807, 2.05) is 0 Å². The molecule has 2 aromatic heterocycles. The number of carbonyl (C=O) groups excluding carboxylic acids is 1. The molecule has 2 aromatic rings. The van der Waals surface area contributed by atoms with Crippen LogP contribution in [0, 0.1) is 6.92 Å². The van der Waals surface area contributed by atoms with Gasteiger partial charge in [0.1, 0.15) is 5.82 Å². The molecule has 98 valence electrons. The number of nitrogens with zero attached hydrogens (tertiary/aromatic N) is 2. The van der Waals surface area contributed by atoms with Crippen molar-refractivity contribution in [3.63, 3.8) is 0 Å². The van der Waals surface area contributed by atoms with E-state index in [0.29, 0.717) is 21.4 Å². The minimum absolute atomic E-state index is 0.289. The maximum Gasteiger partial charge on any atom is 0.328 e. The van der Waals surface area contributed by atoms with Crippen molar-refractivity contribution >= 4 is 46.0 Å². The number of aryl methyl sites for hydroxylation is 1. The van der Waals surface area contributed by atoms with Gasteiger partial charge in [0, 0.05) is 27.9 Å². The summed E-state index contributed by atoms with van der Waals surface area (Å²) in [4.78, 5) is 27.0. The molecule has 0 bridgehead atoms. The maximum absolute atomic E-state index is 11.9. The van der Waals surface area contributed by atoms with Gasteiger partial charge in [0.25, 0.3) is 5.91 Å². The highest BCUT2D eigenvalue weighted by Crippen LogP contribution is 2.18. The first-order valence-electron chi connectivity index (χ1n) is 5.16. The first-order valence-corrected chi connectivity index (χ1v) is 6.81. The number of anilines is 1.